The van der Waals surface area contributed by atoms with Gasteiger partial charge >= 0.3 is 13.9 Å². The van der Waals surface area contributed by atoms with Crippen LogP contribution in [0, 0.1) is 0 Å². The van der Waals surface area contributed by atoms with E-state index in [1.54, 1.807) is 6.92 Å². The highest BCUT2D eigenvalue weighted by molar-refractivity contribution is 7.32. The van der Waals surface area contributed by atoms with E-state index >= 15 is 0 Å². The SMILES string of the molecule is CCc1cn([C@@H]2CC(O)[C@H](CO[P+](=O)O)O2)c(=O)[nH]c1=O. The summed E-state index contributed by atoms with van der Waals surface area (Å²) in [5, 5.41) is 9.84. The van der Waals surface area contributed by atoms with Crippen LogP contribution in [0.25, 0.3) is 0 Å². The first-order chi connectivity index (χ1) is 9.92. The predicted octanol–water partition coefficient (Wildman–Crippen LogP) is -0.586. The van der Waals surface area contributed by atoms with Gasteiger partial charge in [0.1, 0.15) is 18.9 Å². The molecular weight excluding hydrogens is 303 g/mol. The minimum absolute atomic E-state index is 0.116. The standard InChI is InChI=1S/C11H15N2O7P/c1-2-6-4-13(11(16)12-10(6)15)9-3-7(14)8(20-9)5-19-21(17)18/h4,7-9,14H,2-3,5H2,1H3,(H-,12,15,16,17,18)/p+1/t7?,8-,9-/m0/s1. The molecule has 1 saturated heterocycles. The molecule has 116 valence electrons. The third-order valence-electron chi connectivity index (χ3n) is 3.29. The Morgan fingerprint density at radius 1 is 1.57 bits per heavy atom. The van der Waals surface area contributed by atoms with Crippen molar-refractivity contribution in [3.63, 3.8) is 0 Å². The summed E-state index contributed by atoms with van der Waals surface area (Å²) in [5.74, 6) is 0. The highest BCUT2D eigenvalue weighted by atomic mass is 31.1. The number of aliphatic hydroxyl groups excluding tert-OH is 1. The van der Waals surface area contributed by atoms with Crippen molar-refractivity contribution in [2.24, 2.45) is 0 Å². The van der Waals surface area contributed by atoms with Crippen molar-refractivity contribution in [1.82, 2.24) is 9.55 Å². The molecule has 1 fully saturated rings. The molecule has 2 unspecified atom stereocenters. The molecule has 1 aliphatic rings. The number of aromatic amines is 1. The molecule has 21 heavy (non-hydrogen) atoms. The lowest BCUT2D eigenvalue weighted by Crippen LogP contribution is -2.34. The average molecular weight is 319 g/mol. The maximum absolute atomic E-state index is 11.8. The number of H-pyrrole nitrogens is 1. The summed E-state index contributed by atoms with van der Waals surface area (Å²) in [6.07, 6.45) is -0.555. The number of aliphatic hydroxyl groups is 1. The van der Waals surface area contributed by atoms with Crippen LogP contribution >= 0.6 is 8.25 Å². The molecule has 9 nitrogen and oxygen atoms in total. The normalized spacial score (nSPS) is 26.0. The molecule has 2 rings (SSSR count). The van der Waals surface area contributed by atoms with Crippen LogP contribution in [-0.4, -0.2) is 38.4 Å². The second-order valence-electron chi connectivity index (χ2n) is 4.64. The minimum Gasteiger partial charge on any atom is -0.390 e. The van der Waals surface area contributed by atoms with E-state index in [4.69, 9.17) is 9.63 Å². The molecule has 0 aliphatic carbocycles. The van der Waals surface area contributed by atoms with E-state index in [0.717, 1.165) is 0 Å². The van der Waals surface area contributed by atoms with Crippen molar-refractivity contribution in [3.05, 3.63) is 32.6 Å². The molecule has 3 N–H and O–H groups in total. The maximum Gasteiger partial charge on any atom is 0.694 e. The Hall–Kier alpha value is -1.38. The zero-order chi connectivity index (χ0) is 15.6. The molecule has 10 heteroatoms. The summed E-state index contributed by atoms with van der Waals surface area (Å²) in [7, 11) is -2.78. The van der Waals surface area contributed by atoms with Gasteiger partial charge in [-0.15, -0.1) is 9.42 Å². The maximum atomic E-state index is 11.8. The Morgan fingerprint density at radius 3 is 2.90 bits per heavy atom. The molecule has 1 aliphatic heterocycles. The highest BCUT2D eigenvalue weighted by Crippen LogP contribution is 2.29. The van der Waals surface area contributed by atoms with Gasteiger partial charge in [0.15, 0.2) is 0 Å². The second-order valence-corrected chi connectivity index (χ2v) is 5.37. The molecule has 0 bridgehead atoms. The van der Waals surface area contributed by atoms with Crippen LogP contribution in [0.2, 0.25) is 0 Å². The van der Waals surface area contributed by atoms with E-state index in [1.165, 1.54) is 10.8 Å². The van der Waals surface area contributed by atoms with E-state index in [2.05, 4.69) is 9.51 Å². The largest absolute Gasteiger partial charge is 0.694 e. The number of nitrogens with one attached hydrogen (secondary N) is 1. The lowest BCUT2D eigenvalue weighted by molar-refractivity contribution is -0.0413. The van der Waals surface area contributed by atoms with Crippen LogP contribution in [0.15, 0.2) is 15.8 Å². The van der Waals surface area contributed by atoms with Crippen LogP contribution in [0.4, 0.5) is 0 Å². The van der Waals surface area contributed by atoms with E-state index in [9.17, 15) is 19.3 Å². The first kappa shape index (κ1) is 16.0. The summed E-state index contributed by atoms with van der Waals surface area (Å²) >= 11 is 0. The lowest BCUT2D eigenvalue weighted by atomic mass is 10.2. The van der Waals surface area contributed by atoms with Crippen LogP contribution in [0.1, 0.15) is 25.1 Å². The van der Waals surface area contributed by atoms with Gasteiger partial charge in [-0.25, -0.2) is 4.79 Å². The van der Waals surface area contributed by atoms with Crippen molar-refractivity contribution in [3.8, 4) is 0 Å². The average Bonchev–Trinajstić information content (AvgIpc) is 2.77. The van der Waals surface area contributed by atoms with E-state index in [-0.39, 0.29) is 13.0 Å². The van der Waals surface area contributed by atoms with Gasteiger partial charge in [-0.05, 0) is 6.42 Å². The highest BCUT2D eigenvalue weighted by Gasteiger charge is 2.37. The number of aryl methyl sites for hydroxylation is 1. The van der Waals surface area contributed by atoms with Gasteiger partial charge < -0.3 is 9.84 Å². The topological polar surface area (TPSA) is 131 Å². The van der Waals surface area contributed by atoms with Crippen molar-refractivity contribution >= 4 is 8.25 Å². The molecule has 0 radical (unpaired) electrons. The Kier molecular flexibility index (Phi) is 5.02. The number of hydrogen-bond donors (Lipinski definition) is 3. The molecule has 0 saturated carbocycles. The summed E-state index contributed by atoms with van der Waals surface area (Å²) < 4.78 is 21.6. The van der Waals surface area contributed by atoms with Gasteiger partial charge in [-0.1, -0.05) is 6.92 Å². The first-order valence-corrected chi connectivity index (χ1v) is 7.52. The Bertz CT molecular complexity index is 640. The fraction of sp³-hybridized carbons (Fsp3) is 0.636. The number of aromatic nitrogens is 2. The number of ether oxygens (including phenoxy) is 1. The Balaban J connectivity index is 2.19. The van der Waals surface area contributed by atoms with Crippen molar-refractivity contribution in [2.75, 3.05) is 6.61 Å². The Morgan fingerprint density at radius 2 is 2.29 bits per heavy atom. The quantitative estimate of drug-likeness (QED) is 0.618. The molecule has 1 aromatic rings. The van der Waals surface area contributed by atoms with Gasteiger partial charge in [0.05, 0.1) is 6.10 Å². The number of hydrogen-bond acceptors (Lipinski definition) is 6. The summed E-state index contributed by atoms with van der Waals surface area (Å²) in [5.41, 5.74) is -0.663. The minimum atomic E-state index is -2.78. The van der Waals surface area contributed by atoms with Crippen molar-refractivity contribution in [2.45, 2.75) is 38.2 Å². The predicted molar refractivity (Wildman–Crippen MR) is 71.0 cm³/mol. The summed E-state index contributed by atoms with van der Waals surface area (Å²) in [6.45, 7) is 1.51. The van der Waals surface area contributed by atoms with Gasteiger partial charge in [-0.3, -0.25) is 14.3 Å². The molecule has 1 aromatic heterocycles. The second kappa shape index (κ2) is 6.59. The van der Waals surface area contributed by atoms with Crippen LogP contribution in [0.5, 0.6) is 0 Å². The summed E-state index contributed by atoms with van der Waals surface area (Å²) in [4.78, 5) is 34.1. The molecule has 0 spiro atoms. The fourth-order valence-electron chi connectivity index (χ4n) is 2.17. The third kappa shape index (κ3) is 3.63. The fourth-order valence-corrected chi connectivity index (χ4v) is 2.44. The Labute approximate surface area is 120 Å². The van der Waals surface area contributed by atoms with Crippen molar-refractivity contribution in [1.29, 1.82) is 0 Å². The van der Waals surface area contributed by atoms with Gasteiger partial charge in [0, 0.05) is 22.7 Å². The zero-order valence-corrected chi connectivity index (χ0v) is 12.2. The molecule has 0 aromatic carbocycles. The molecule has 4 atom stereocenters. The van der Waals surface area contributed by atoms with Crippen LogP contribution in [-0.2, 0) is 20.2 Å². The molecule has 0 amide bonds. The van der Waals surface area contributed by atoms with Crippen LogP contribution in [0.3, 0.4) is 0 Å². The zero-order valence-electron chi connectivity index (χ0n) is 11.3. The van der Waals surface area contributed by atoms with Gasteiger partial charge in [0.25, 0.3) is 5.56 Å². The van der Waals surface area contributed by atoms with Crippen molar-refractivity contribution < 1.29 is 23.8 Å². The third-order valence-corrected chi connectivity index (χ3v) is 3.66. The first-order valence-electron chi connectivity index (χ1n) is 6.39. The van der Waals surface area contributed by atoms with E-state index in [0.29, 0.717) is 12.0 Å². The number of nitrogens with zero attached hydrogens (tertiary/aromatic N) is 1. The smallest absolute Gasteiger partial charge is 0.390 e. The molecule has 2 heterocycles. The van der Waals surface area contributed by atoms with E-state index in [1.807, 2.05) is 0 Å². The lowest BCUT2D eigenvalue weighted by Gasteiger charge is -2.14. The van der Waals surface area contributed by atoms with E-state index < -0.39 is 37.9 Å². The summed E-state index contributed by atoms with van der Waals surface area (Å²) in [6, 6.07) is 0. The van der Waals surface area contributed by atoms with Gasteiger partial charge in [-0.2, -0.15) is 0 Å². The monoisotopic (exact) mass is 319 g/mol. The number of rotatable bonds is 5. The van der Waals surface area contributed by atoms with Crippen LogP contribution < -0.4 is 11.2 Å². The van der Waals surface area contributed by atoms with Gasteiger partial charge in [0.2, 0.25) is 0 Å². The molecular formula is C11H16N2O7P+.